The van der Waals surface area contributed by atoms with E-state index in [1.165, 1.54) is 12.6 Å². The average molecular weight is 225 g/mol. The first-order chi connectivity index (χ1) is 7.08. The molecule has 0 aliphatic heterocycles. The Balaban J connectivity index is 2.17. The molecule has 0 spiro atoms. The molecule has 0 radical (unpaired) electrons. The Hall–Kier alpha value is -0.900. The molecule has 1 fully saturated rings. The third kappa shape index (κ3) is 2.37. The average Bonchev–Trinajstić information content (AvgIpc) is 2.13. The molecule has 82 valence electrons. The Morgan fingerprint density at radius 2 is 2.13 bits per heavy atom. The van der Waals surface area contributed by atoms with E-state index < -0.39 is 9.84 Å². The molecule has 0 N–H and O–H groups in total. The molecule has 1 heterocycles. The molecule has 0 bridgehead atoms. The normalized spacial score (nSPS) is 17.4. The SMILES string of the molecule is Cc1ccc(S(=O)(=O)CC2CCC2)cn1. The molecule has 2 rings (SSSR count). The first-order valence-electron chi connectivity index (χ1n) is 5.23. The monoisotopic (exact) mass is 225 g/mol. The van der Waals surface area contributed by atoms with Gasteiger partial charge >= 0.3 is 0 Å². The molecule has 1 aromatic heterocycles. The molecule has 4 heteroatoms. The van der Waals surface area contributed by atoms with Gasteiger partial charge in [0.1, 0.15) is 0 Å². The number of aryl methyl sites for hydroxylation is 1. The maximum Gasteiger partial charge on any atom is 0.180 e. The topological polar surface area (TPSA) is 47.0 Å². The molecular formula is C11H15NO2S. The van der Waals surface area contributed by atoms with Crippen LogP contribution in [0.25, 0.3) is 0 Å². The maximum atomic E-state index is 11.9. The number of pyridine rings is 1. The molecule has 1 saturated carbocycles. The van der Waals surface area contributed by atoms with E-state index in [1.54, 1.807) is 12.1 Å². The molecule has 3 nitrogen and oxygen atoms in total. The molecule has 1 aliphatic carbocycles. The Morgan fingerprint density at radius 1 is 1.40 bits per heavy atom. The van der Waals surface area contributed by atoms with Crippen LogP contribution in [0.5, 0.6) is 0 Å². The van der Waals surface area contributed by atoms with Crippen molar-refractivity contribution in [1.82, 2.24) is 4.98 Å². The number of sulfone groups is 1. The summed E-state index contributed by atoms with van der Waals surface area (Å²) in [6.45, 7) is 1.85. The molecule has 1 aromatic rings. The lowest BCUT2D eigenvalue weighted by Gasteiger charge is -2.24. The van der Waals surface area contributed by atoms with Crippen LogP contribution in [0.3, 0.4) is 0 Å². The third-order valence-corrected chi connectivity index (χ3v) is 4.79. The predicted octanol–water partition coefficient (Wildman–Crippen LogP) is 1.96. The van der Waals surface area contributed by atoms with Gasteiger partial charge in [-0.25, -0.2) is 8.42 Å². The summed E-state index contributed by atoms with van der Waals surface area (Å²) in [5.74, 6) is 0.661. The summed E-state index contributed by atoms with van der Waals surface area (Å²) in [7, 11) is -3.10. The number of nitrogens with zero attached hydrogens (tertiary/aromatic N) is 1. The van der Waals surface area contributed by atoms with E-state index in [1.807, 2.05) is 6.92 Å². The second-order valence-corrected chi connectivity index (χ2v) is 6.25. The van der Waals surface area contributed by atoms with Crippen molar-refractivity contribution in [3.8, 4) is 0 Å². The van der Waals surface area contributed by atoms with Gasteiger partial charge in [0.05, 0.1) is 10.6 Å². The molecule has 15 heavy (non-hydrogen) atoms. The van der Waals surface area contributed by atoms with Gasteiger partial charge in [-0.3, -0.25) is 4.98 Å². The second-order valence-electron chi connectivity index (χ2n) is 4.21. The van der Waals surface area contributed by atoms with Gasteiger partial charge < -0.3 is 0 Å². The quantitative estimate of drug-likeness (QED) is 0.790. The lowest BCUT2D eigenvalue weighted by molar-refractivity contribution is 0.347. The van der Waals surface area contributed by atoms with Crippen molar-refractivity contribution in [1.29, 1.82) is 0 Å². The minimum atomic E-state index is -3.10. The van der Waals surface area contributed by atoms with E-state index in [-0.39, 0.29) is 5.75 Å². The van der Waals surface area contributed by atoms with Crippen molar-refractivity contribution < 1.29 is 8.42 Å². The summed E-state index contributed by atoms with van der Waals surface area (Å²) < 4.78 is 23.8. The van der Waals surface area contributed by atoms with E-state index in [0.717, 1.165) is 18.5 Å². The molecule has 0 saturated heterocycles. The second kappa shape index (κ2) is 3.93. The first-order valence-corrected chi connectivity index (χ1v) is 6.88. The van der Waals surface area contributed by atoms with Crippen molar-refractivity contribution in [3.05, 3.63) is 24.0 Å². The molecule has 1 aliphatic rings. The summed E-state index contributed by atoms with van der Waals surface area (Å²) in [4.78, 5) is 4.38. The van der Waals surface area contributed by atoms with Gasteiger partial charge in [0.2, 0.25) is 0 Å². The lowest BCUT2D eigenvalue weighted by Crippen LogP contribution is -2.22. The minimum absolute atomic E-state index is 0.289. The van der Waals surface area contributed by atoms with Gasteiger partial charge in [-0.05, 0) is 37.8 Å². The lowest BCUT2D eigenvalue weighted by atomic mass is 9.87. The third-order valence-electron chi connectivity index (χ3n) is 2.92. The van der Waals surface area contributed by atoms with E-state index in [9.17, 15) is 8.42 Å². The Kier molecular flexibility index (Phi) is 2.78. The number of rotatable bonds is 3. The standard InChI is InChI=1S/C11H15NO2S/c1-9-5-6-11(7-12-9)15(13,14)8-10-3-2-4-10/h5-7,10H,2-4,8H2,1H3. The van der Waals surface area contributed by atoms with Gasteiger partial charge in [-0.1, -0.05) is 6.42 Å². The van der Waals surface area contributed by atoms with Crippen molar-refractivity contribution >= 4 is 9.84 Å². The van der Waals surface area contributed by atoms with Gasteiger partial charge in [0, 0.05) is 11.9 Å². The Bertz CT molecular complexity index is 432. The summed E-state index contributed by atoms with van der Waals surface area (Å²) in [6, 6.07) is 3.39. The Labute approximate surface area is 90.5 Å². The van der Waals surface area contributed by atoms with E-state index >= 15 is 0 Å². The molecule has 0 unspecified atom stereocenters. The largest absolute Gasteiger partial charge is 0.260 e. The van der Waals surface area contributed by atoms with Crippen LogP contribution in [0.2, 0.25) is 0 Å². The van der Waals surface area contributed by atoms with Crippen LogP contribution in [0, 0.1) is 12.8 Å². The fraction of sp³-hybridized carbons (Fsp3) is 0.545. The van der Waals surface area contributed by atoms with Gasteiger partial charge in [0.15, 0.2) is 9.84 Å². The van der Waals surface area contributed by atoms with Gasteiger partial charge in [0.25, 0.3) is 0 Å². The van der Waals surface area contributed by atoms with E-state index in [0.29, 0.717) is 10.8 Å². The van der Waals surface area contributed by atoms with E-state index in [2.05, 4.69) is 4.98 Å². The molecular weight excluding hydrogens is 210 g/mol. The molecule has 0 atom stereocenters. The highest BCUT2D eigenvalue weighted by Gasteiger charge is 2.25. The van der Waals surface area contributed by atoms with Crippen molar-refractivity contribution in [2.45, 2.75) is 31.1 Å². The molecule has 0 amide bonds. The number of hydrogen-bond donors (Lipinski definition) is 0. The fourth-order valence-electron chi connectivity index (χ4n) is 1.70. The highest BCUT2D eigenvalue weighted by molar-refractivity contribution is 7.91. The highest BCUT2D eigenvalue weighted by Crippen LogP contribution is 2.29. The fourth-order valence-corrected chi connectivity index (χ4v) is 3.34. The van der Waals surface area contributed by atoms with Crippen LogP contribution < -0.4 is 0 Å². The maximum absolute atomic E-state index is 11.9. The number of hydrogen-bond acceptors (Lipinski definition) is 3. The summed E-state index contributed by atoms with van der Waals surface area (Å²) in [6.07, 6.45) is 4.74. The summed E-state index contributed by atoms with van der Waals surface area (Å²) >= 11 is 0. The van der Waals surface area contributed by atoms with Crippen molar-refractivity contribution in [3.63, 3.8) is 0 Å². The zero-order valence-electron chi connectivity index (χ0n) is 8.81. The Morgan fingerprint density at radius 3 is 2.60 bits per heavy atom. The van der Waals surface area contributed by atoms with Crippen LogP contribution in [0.4, 0.5) is 0 Å². The minimum Gasteiger partial charge on any atom is -0.260 e. The smallest absolute Gasteiger partial charge is 0.180 e. The van der Waals surface area contributed by atoms with Gasteiger partial charge in [-0.2, -0.15) is 0 Å². The van der Waals surface area contributed by atoms with Crippen LogP contribution in [-0.4, -0.2) is 19.2 Å². The summed E-state index contributed by atoms with van der Waals surface area (Å²) in [5, 5.41) is 0. The van der Waals surface area contributed by atoms with Gasteiger partial charge in [-0.15, -0.1) is 0 Å². The predicted molar refractivity (Wildman–Crippen MR) is 58.4 cm³/mol. The first kappa shape index (κ1) is 10.6. The highest BCUT2D eigenvalue weighted by atomic mass is 32.2. The van der Waals surface area contributed by atoms with E-state index in [4.69, 9.17) is 0 Å². The van der Waals surface area contributed by atoms with Crippen LogP contribution in [0.1, 0.15) is 25.0 Å². The van der Waals surface area contributed by atoms with Crippen LogP contribution >= 0.6 is 0 Å². The summed E-state index contributed by atoms with van der Waals surface area (Å²) in [5.41, 5.74) is 0.845. The van der Waals surface area contributed by atoms with Crippen LogP contribution in [-0.2, 0) is 9.84 Å². The molecule has 0 aromatic carbocycles. The van der Waals surface area contributed by atoms with Crippen molar-refractivity contribution in [2.24, 2.45) is 5.92 Å². The number of aromatic nitrogens is 1. The zero-order valence-corrected chi connectivity index (χ0v) is 9.63. The van der Waals surface area contributed by atoms with Crippen molar-refractivity contribution in [2.75, 3.05) is 5.75 Å². The zero-order chi connectivity index (χ0) is 10.9. The van der Waals surface area contributed by atoms with Crippen LogP contribution in [0.15, 0.2) is 23.2 Å².